The van der Waals surface area contributed by atoms with E-state index in [2.05, 4.69) is 15.9 Å². The molecule has 27 heavy (non-hydrogen) atoms. The summed E-state index contributed by atoms with van der Waals surface area (Å²) in [6, 6.07) is 5.54. The van der Waals surface area contributed by atoms with E-state index in [1.807, 2.05) is 24.5 Å². The van der Waals surface area contributed by atoms with Gasteiger partial charge in [0.05, 0.1) is 20.2 Å². The molecule has 0 spiro atoms. The van der Waals surface area contributed by atoms with Gasteiger partial charge in [-0.15, -0.1) is 0 Å². The number of carbonyl (C=O) groups is 1. The van der Waals surface area contributed by atoms with Crippen LogP contribution in [0.15, 0.2) is 22.8 Å². The molecule has 2 fully saturated rings. The van der Waals surface area contributed by atoms with Crippen molar-refractivity contribution < 1.29 is 23.7 Å². The Bertz CT molecular complexity index is 915. The summed E-state index contributed by atoms with van der Waals surface area (Å²) in [7, 11) is 0. The number of halogens is 3. The van der Waals surface area contributed by atoms with Gasteiger partial charge in [0.2, 0.25) is 0 Å². The van der Waals surface area contributed by atoms with Crippen LogP contribution in [0.4, 0.5) is 0 Å². The monoisotopic (exact) mass is 477 g/mol. The number of hydrogen-bond acceptors (Lipinski definition) is 5. The molecule has 2 aliphatic heterocycles. The number of hydrogen-bond donors (Lipinski definition) is 0. The molecule has 0 N–H and O–H groups in total. The van der Waals surface area contributed by atoms with Crippen LogP contribution in [0.3, 0.4) is 0 Å². The molecule has 2 aromatic rings. The number of nitrogens with zero attached hydrogens (tertiary/aromatic N) is 1. The van der Waals surface area contributed by atoms with Gasteiger partial charge in [-0.25, -0.2) is 0 Å². The minimum absolute atomic E-state index is 0.0931. The summed E-state index contributed by atoms with van der Waals surface area (Å²) in [4.78, 5) is 11.2. The first-order valence-electron chi connectivity index (χ1n) is 8.46. The molecular formula is C18H18BrCl2NO5. The van der Waals surface area contributed by atoms with E-state index >= 15 is 0 Å². The lowest BCUT2D eigenvalue weighted by atomic mass is 10.1. The molecular weight excluding hydrogens is 461 g/mol. The van der Waals surface area contributed by atoms with Crippen molar-refractivity contribution >= 4 is 56.0 Å². The van der Waals surface area contributed by atoms with Crippen LogP contribution in [-0.4, -0.2) is 41.2 Å². The second-order valence-electron chi connectivity index (χ2n) is 7.09. The Morgan fingerprint density at radius 1 is 1.22 bits per heavy atom. The van der Waals surface area contributed by atoms with Crippen LogP contribution < -0.4 is 0 Å². The Labute approximate surface area is 174 Å². The number of aromatic nitrogens is 1. The summed E-state index contributed by atoms with van der Waals surface area (Å²) in [6.07, 6.45) is -1.67. The maximum Gasteiger partial charge on any atom is 0.302 e. The molecule has 4 atom stereocenters. The molecule has 1 aromatic heterocycles. The fourth-order valence-corrected chi connectivity index (χ4v) is 4.62. The first-order chi connectivity index (χ1) is 12.7. The number of fused-ring (bicyclic) bond motifs is 2. The average Bonchev–Trinajstić information content (AvgIpc) is 3.14. The highest BCUT2D eigenvalue weighted by atomic mass is 79.9. The van der Waals surface area contributed by atoms with E-state index in [-0.39, 0.29) is 24.8 Å². The highest BCUT2D eigenvalue weighted by molar-refractivity contribution is 9.10. The van der Waals surface area contributed by atoms with E-state index in [0.29, 0.717) is 10.0 Å². The van der Waals surface area contributed by atoms with Crippen LogP contribution in [-0.2, 0) is 23.7 Å². The Kier molecular flexibility index (Phi) is 4.98. The van der Waals surface area contributed by atoms with Gasteiger partial charge in [-0.3, -0.25) is 4.79 Å². The first kappa shape index (κ1) is 19.5. The molecule has 4 rings (SSSR count). The summed E-state index contributed by atoms with van der Waals surface area (Å²) in [6.45, 7) is 5.16. The molecule has 0 saturated carbocycles. The van der Waals surface area contributed by atoms with E-state index in [1.54, 1.807) is 12.1 Å². The SMILES string of the molecule is CC(=O)OC[C@H]1O[C@@H](n2c(Br)cc3cc(Cl)c(Cl)cc32)C2OC(C)(C)OC21. The zero-order chi connectivity index (χ0) is 19.5. The second kappa shape index (κ2) is 6.90. The number of benzene rings is 1. The van der Waals surface area contributed by atoms with Crippen LogP contribution in [0.25, 0.3) is 10.9 Å². The molecule has 0 amide bonds. The summed E-state index contributed by atoms with van der Waals surface area (Å²) in [5, 5.41) is 1.84. The first-order valence-corrected chi connectivity index (χ1v) is 10.0. The van der Waals surface area contributed by atoms with Crippen LogP contribution >= 0.6 is 39.1 Å². The predicted octanol–water partition coefficient (Wildman–Crippen LogP) is 4.69. The smallest absolute Gasteiger partial charge is 0.302 e. The van der Waals surface area contributed by atoms with Gasteiger partial charge in [-0.1, -0.05) is 23.2 Å². The second-order valence-corrected chi connectivity index (χ2v) is 8.72. The van der Waals surface area contributed by atoms with Crippen LogP contribution in [0.5, 0.6) is 0 Å². The quantitative estimate of drug-likeness (QED) is 0.599. The summed E-state index contributed by atoms with van der Waals surface area (Å²) < 4.78 is 26.3. The largest absolute Gasteiger partial charge is 0.463 e. The minimum Gasteiger partial charge on any atom is -0.463 e. The fourth-order valence-electron chi connectivity index (χ4n) is 3.65. The van der Waals surface area contributed by atoms with Crippen molar-refractivity contribution in [2.24, 2.45) is 0 Å². The van der Waals surface area contributed by atoms with Gasteiger partial charge in [0, 0.05) is 12.3 Å². The van der Waals surface area contributed by atoms with Crippen molar-refractivity contribution in [3.05, 3.63) is 32.8 Å². The molecule has 2 saturated heterocycles. The Morgan fingerprint density at radius 3 is 2.59 bits per heavy atom. The van der Waals surface area contributed by atoms with Crippen molar-refractivity contribution in [1.29, 1.82) is 0 Å². The fraction of sp³-hybridized carbons (Fsp3) is 0.500. The molecule has 1 aromatic carbocycles. The maximum atomic E-state index is 11.2. The Hall–Kier alpha value is -0.830. The van der Waals surface area contributed by atoms with Gasteiger partial charge in [0.25, 0.3) is 0 Å². The van der Waals surface area contributed by atoms with Crippen molar-refractivity contribution in [1.82, 2.24) is 4.57 Å². The molecule has 3 heterocycles. The lowest BCUT2D eigenvalue weighted by molar-refractivity contribution is -0.202. The third kappa shape index (κ3) is 3.50. The lowest BCUT2D eigenvalue weighted by Gasteiger charge is -2.25. The van der Waals surface area contributed by atoms with Crippen LogP contribution in [0, 0.1) is 0 Å². The van der Waals surface area contributed by atoms with Crippen molar-refractivity contribution in [2.75, 3.05) is 6.61 Å². The molecule has 0 radical (unpaired) electrons. The van der Waals surface area contributed by atoms with E-state index in [0.717, 1.165) is 15.5 Å². The van der Waals surface area contributed by atoms with Crippen LogP contribution in [0.2, 0.25) is 10.0 Å². The summed E-state index contributed by atoms with van der Waals surface area (Å²) in [5.41, 5.74) is 0.849. The molecule has 6 nitrogen and oxygen atoms in total. The molecule has 0 bridgehead atoms. The van der Waals surface area contributed by atoms with Gasteiger partial charge in [0.15, 0.2) is 12.0 Å². The number of carbonyl (C=O) groups excluding carboxylic acids is 1. The Morgan fingerprint density at radius 2 is 1.89 bits per heavy atom. The standard InChI is InChI=1S/C18H18BrCl2NO5/c1-8(23)24-7-13-15-16(27-18(2,3)26-15)17(25-13)22-12-6-11(21)10(20)4-9(12)5-14(22)19/h4-6,13,15-17H,7H2,1-3H3/t13-,15?,16?,17-/m1/s1. The van der Waals surface area contributed by atoms with E-state index < -0.39 is 18.1 Å². The van der Waals surface area contributed by atoms with E-state index in [9.17, 15) is 4.79 Å². The van der Waals surface area contributed by atoms with Crippen molar-refractivity contribution in [2.45, 2.75) is 51.1 Å². The van der Waals surface area contributed by atoms with Crippen molar-refractivity contribution in [3.8, 4) is 0 Å². The number of esters is 1. The van der Waals surface area contributed by atoms with Gasteiger partial charge < -0.3 is 23.5 Å². The summed E-state index contributed by atoms with van der Waals surface area (Å²) in [5.74, 6) is -1.13. The summed E-state index contributed by atoms with van der Waals surface area (Å²) >= 11 is 16.0. The maximum absolute atomic E-state index is 11.2. The van der Waals surface area contributed by atoms with Gasteiger partial charge >= 0.3 is 5.97 Å². The van der Waals surface area contributed by atoms with Gasteiger partial charge in [-0.05, 0) is 48.0 Å². The number of rotatable bonds is 3. The lowest BCUT2D eigenvalue weighted by Crippen LogP contribution is -2.33. The van der Waals surface area contributed by atoms with E-state index in [1.165, 1.54) is 6.92 Å². The average molecular weight is 479 g/mol. The minimum atomic E-state index is -0.762. The number of ether oxygens (including phenoxy) is 4. The van der Waals surface area contributed by atoms with Crippen molar-refractivity contribution in [3.63, 3.8) is 0 Å². The van der Waals surface area contributed by atoms with Gasteiger partial charge in [-0.2, -0.15) is 0 Å². The zero-order valence-electron chi connectivity index (χ0n) is 14.9. The zero-order valence-corrected chi connectivity index (χ0v) is 18.0. The van der Waals surface area contributed by atoms with E-state index in [4.69, 9.17) is 42.1 Å². The normalized spacial score (nSPS) is 29.3. The molecule has 0 aliphatic carbocycles. The molecule has 9 heteroatoms. The molecule has 2 aliphatic rings. The van der Waals surface area contributed by atoms with Crippen LogP contribution in [0.1, 0.15) is 27.0 Å². The molecule has 146 valence electrons. The van der Waals surface area contributed by atoms with Gasteiger partial charge in [0.1, 0.15) is 24.9 Å². The third-order valence-corrected chi connectivity index (χ3v) is 6.00. The molecule has 2 unspecified atom stereocenters. The highest BCUT2D eigenvalue weighted by Gasteiger charge is 2.56. The third-order valence-electron chi connectivity index (χ3n) is 4.66. The predicted molar refractivity (Wildman–Crippen MR) is 104 cm³/mol. The highest BCUT2D eigenvalue weighted by Crippen LogP contribution is 2.46. The Balaban J connectivity index is 1.74. The topological polar surface area (TPSA) is 58.9 Å².